The quantitative estimate of drug-likeness (QED) is 0.707. The number of hydrogen-bond acceptors (Lipinski definition) is 3. The number of nitrogens with one attached hydrogen (secondary N) is 1. The molecule has 0 heterocycles. The average Bonchev–Trinajstić information content (AvgIpc) is 2.28. The van der Waals surface area contributed by atoms with Crippen molar-refractivity contribution in [2.75, 3.05) is 27.2 Å². The number of rotatable bonds is 5. The highest BCUT2D eigenvalue weighted by atomic mass is 16.1. The maximum Gasteiger partial charge on any atom is 0.223 e. The van der Waals surface area contributed by atoms with Crippen LogP contribution in [-0.4, -0.2) is 50.8 Å². The predicted octanol–water partition coefficient (Wildman–Crippen LogP) is 0.924. The number of aliphatic imine (C=N–C) groups is 1. The summed E-state index contributed by atoms with van der Waals surface area (Å²) in [5.41, 5.74) is 0. The Morgan fingerprint density at radius 3 is 2.50 bits per heavy atom. The van der Waals surface area contributed by atoms with Crippen molar-refractivity contribution in [3.8, 4) is 0 Å². The van der Waals surface area contributed by atoms with Gasteiger partial charge in [-0.3, -0.25) is 9.79 Å². The number of nitrogens with zero attached hydrogens (tertiary/aromatic N) is 2. The van der Waals surface area contributed by atoms with Crippen LogP contribution in [0.15, 0.2) is 4.99 Å². The molecule has 4 heteroatoms. The lowest BCUT2D eigenvalue weighted by atomic mass is 9.86. The van der Waals surface area contributed by atoms with Crippen molar-refractivity contribution in [2.24, 2.45) is 10.9 Å². The van der Waals surface area contributed by atoms with Crippen molar-refractivity contribution >= 4 is 12.6 Å². The molecule has 0 aromatic heterocycles. The highest BCUT2D eigenvalue weighted by Gasteiger charge is 2.25. The minimum atomic E-state index is 0.195. The van der Waals surface area contributed by atoms with Crippen LogP contribution in [0.2, 0.25) is 0 Å². The van der Waals surface area contributed by atoms with Crippen molar-refractivity contribution in [3.05, 3.63) is 0 Å². The fourth-order valence-electron chi connectivity index (χ4n) is 2.07. The van der Waals surface area contributed by atoms with Crippen LogP contribution in [0.1, 0.15) is 25.7 Å². The summed E-state index contributed by atoms with van der Waals surface area (Å²) in [6.45, 7) is 5.21. The molecule has 0 unspecified atom stereocenters. The van der Waals surface area contributed by atoms with E-state index in [0.717, 1.165) is 38.8 Å². The summed E-state index contributed by atoms with van der Waals surface area (Å²) in [7, 11) is 4.01. The zero-order chi connectivity index (χ0) is 12.0. The van der Waals surface area contributed by atoms with Gasteiger partial charge in [-0.2, -0.15) is 0 Å². The van der Waals surface area contributed by atoms with Gasteiger partial charge in [0.15, 0.2) is 0 Å². The Labute approximate surface area is 98.1 Å². The van der Waals surface area contributed by atoms with E-state index >= 15 is 0 Å². The van der Waals surface area contributed by atoms with Crippen LogP contribution in [-0.2, 0) is 4.79 Å². The molecule has 0 radical (unpaired) electrons. The molecule has 1 fully saturated rings. The van der Waals surface area contributed by atoms with Crippen molar-refractivity contribution in [2.45, 2.75) is 31.7 Å². The van der Waals surface area contributed by atoms with Gasteiger partial charge in [0.2, 0.25) is 5.91 Å². The molecule has 16 heavy (non-hydrogen) atoms. The Bertz CT molecular complexity index is 232. The van der Waals surface area contributed by atoms with E-state index < -0.39 is 0 Å². The van der Waals surface area contributed by atoms with E-state index in [1.165, 1.54) is 0 Å². The van der Waals surface area contributed by atoms with Crippen LogP contribution < -0.4 is 5.32 Å². The Morgan fingerprint density at radius 1 is 1.38 bits per heavy atom. The number of amides is 1. The predicted molar refractivity (Wildman–Crippen MR) is 66.9 cm³/mol. The van der Waals surface area contributed by atoms with Gasteiger partial charge in [0, 0.05) is 25.0 Å². The Balaban J connectivity index is 2.20. The first-order valence-corrected chi connectivity index (χ1v) is 6.01. The van der Waals surface area contributed by atoms with Gasteiger partial charge in [-0.1, -0.05) is 0 Å². The van der Waals surface area contributed by atoms with Gasteiger partial charge < -0.3 is 10.2 Å². The van der Waals surface area contributed by atoms with E-state index in [0.29, 0.717) is 6.04 Å². The molecule has 4 nitrogen and oxygen atoms in total. The zero-order valence-electron chi connectivity index (χ0n) is 10.4. The maximum atomic E-state index is 11.8. The monoisotopic (exact) mass is 225 g/mol. The summed E-state index contributed by atoms with van der Waals surface area (Å²) >= 11 is 0. The number of hydrogen-bond donors (Lipinski definition) is 1. The minimum absolute atomic E-state index is 0.195. The van der Waals surface area contributed by atoms with Gasteiger partial charge in [0.05, 0.1) is 0 Å². The second-order valence-electron chi connectivity index (χ2n) is 4.78. The first kappa shape index (κ1) is 13.2. The Morgan fingerprint density at radius 2 is 2.00 bits per heavy atom. The molecule has 0 atom stereocenters. The third-order valence-corrected chi connectivity index (χ3v) is 3.18. The van der Waals surface area contributed by atoms with E-state index in [-0.39, 0.29) is 11.8 Å². The summed E-state index contributed by atoms with van der Waals surface area (Å²) in [6, 6.07) is 0.380. The molecule has 1 aliphatic carbocycles. The summed E-state index contributed by atoms with van der Waals surface area (Å²) in [5, 5.41) is 2.99. The lowest BCUT2D eigenvalue weighted by molar-refractivity contribution is -0.126. The van der Waals surface area contributed by atoms with Gasteiger partial charge in [0.25, 0.3) is 0 Å². The molecular formula is C12H23N3O. The van der Waals surface area contributed by atoms with Crippen LogP contribution in [0, 0.1) is 5.92 Å². The lowest BCUT2D eigenvalue weighted by Gasteiger charge is -2.25. The van der Waals surface area contributed by atoms with Gasteiger partial charge >= 0.3 is 0 Å². The molecule has 0 bridgehead atoms. The third kappa shape index (κ3) is 4.31. The van der Waals surface area contributed by atoms with Crippen molar-refractivity contribution in [1.29, 1.82) is 0 Å². The largest absolute Gasteiger partial charge is 0.355 e. The molecule has 1 saturated carbocycles. The highest BCUT2D eigenvalue weighted by molar-refractivity contribution is 5.78. The standard InChI is InChI=1S/C12H23N3O/c1-13-11-6-4-10(5-7-11)12(16)14-8-9-15(2)3/h10-11H,1,4-9H2,2-3H3,(H,14,16)/t10-,11-. The number of carbonyl (C=O) groups is 1. The van der Waals surface area contributed by atoms with Crippen molar-refractivity contribution in [3.63, 3.8) is 0 Å². The van der Waals surface area contributed by atoms with Gasteiger partial charge in [-0.15, -0.1) is 0 Å². The Kier molecular flexibility index (Phi) is 5.46. The molecule has 1 N–H and O–H groups in total. The molecular weight excluding hydrogens is 202 g/mol. The molecule has 0 spiro atoms. The minimum Gasteiger partial charge on any atom is -0.355 e. The van der Waals surface area contributed by atoms with E-state index in [4.69, 9.17) is 0 Å². The molecule has 1 amide bonds. The van der Waals surface area contributed by atoms with Crippen LogP contribution in [0.3, 0.4) is 0 Å². The van der Waals surface area contributed by atoms with E-state index in [9.17, 15) is 4.79 Å². The Hall–Kier alpha value is -0.900. The fraction of sp³-hybridized carbons (Fsp3) is 0.833. The highest BCUT2D eigenvalue weighted by Crippen LogP contribution is 2.25. The SMILES string of the molecule is C=N[C@H]1CC[C@H](C(=O)NCCN(C)C)CC1. The van der Waals surface area contributed by atoms with Crippen molar-refractivity contribution < 1.29 is 4.79 Å². The summed E-state index contributed by atoms with van der Waals surface area (Å²) < 4.78 is 0. The van der Waals surface area contributed by atoms with Gasteiger partial charge in [-0.05, 0) is 46.5 Å². The smallest absolute Gasteiger partial charge is 0.223 e. The number of carbonyl (C=O) groups excluding carboxylic acids is 1. The van der Waals surface area contributed by atoms with Crippen LogP contribution in [0.4, 0.5) is 0 Å². The topological polar surface area (TPSA) is 44.7 Å². The maximum absolute atomic E-state index is 11.8. The third-order valence-electron chi connectivity index (χ3n) is 3.18. The first-order chi connectivity index (χ1) is 7.63. The molecule has 0 aromatic rings. The molecule has 92 valence electrons. The molecule has 1 aliphatic rings. The van der Waals surface area contributed by atoms with E-state index in [1.54, 1.807) is 0 Å². The molecule has 0 aromatic carbocycles. The lowest BCUT2D eigenvalue weighted by Crippen LogP contribution is -2.37. The molecule has 1 rings (SSSR count). The summed E-state index contributed by atoms with van der Waals surface area (Å²) in [5.74, 6) is 0.407. The second-order valence-corrected chi connectivity index (χ2v) is 4.78. The van der Waals surface area contributed by atoms with Gasteiger partial charge in [-0.25, -0.2) is 0 Å². The first-order valence-electron chi connectivity index (χ1n) is 6.01. The van der Waals surface area contributed by atoms with E-state index in [1.807, 2.05) is 14.1 Å². The van der Waals surface area contributed by atoms with Crippen LogP contribution >= 0.6 is 0 Å². The molecule has 0 aliphatic heterocycles. The van der Waals surface area contributed by atoms with Crippen LogP contribution in [0.25, 0.3) is 0 Å². The molecule has 0 saturated heterocycles. The normalized spacial score (nSPS) is 25.4. The fourth-order valence-corrected chi connectivity index (χ4v) is 2.07. The average molecular weight is 225 g/mol. The summed E-state index contributed by atoms with van der Waals surface area (Å²) in [6.07, 6.45) is 3.93. The zero-order valence-corrected chi connectivity index (χ0v) is 10.4. The van der Waals surface area contributed by atoms with Crippen LogP contribution in [0.5, 0.6) is 0 Å². The number of likely N-dealkylation sites (N-methyl/N-ethyl adjacent to an activating group) is 1. The van der Waals surface area contributed by atoms with E-state index in [2.05, 4.69) is 21.9 Å². The van der Waals surface area contributed by atoms with Gasteiger partial charge in [0.1, 0.15) is 0 Å². The summed E-state index contributed by atoms with van der Waals surface area (Å²) in [4.78, 5) is 17.9. The second kappa shape index (κ2) is 6.63. The van der Waals surface area contributed by atoms with Crippen molar-refractivity contribution in [1.82, 2.24) is 10.2 Å².